The predicted octanol–water partition coefficient (Wildman–Crippen LogP) is 1.61. The van der Waals surface area contributed by atoms with Crippen molar-refractivity contribution in [3.05, 3.63) is 0 Å². The van der Waals surface area contributed by atoms with Crippen LogP contribution in [0.2, 0.25) is 0 Å². The van der Waals surface area contributed by atoms with E-state index in [1.54, 1.807) is 0 Å². The zero-order chi connectivity index (χ0) is 4.57. The molecule has 0 bridgehead atoms. The molecule has 1 fully saturated rings. The molecule has 0 aromatic heterocycles. The van der Waals surface area contributed by atoms with Crippen LogP contribution in [0.1, 0.15) is 13.3 Å². The standard InChI is InChI=1S/C5H9F/c1-4-2-5(4)3-6/h4-5H,2-3H2,1H3/t4-,5-/m1/s1. The summed E-state index contributed by atoms with van der Waals surface area (Å²) in [6.07, 6.45) is 1.12. The average Bonchev–Trinajstić information content (AvgIpc) is 2.19. The summed E-state index contributed by atoms with van der Waals surface area (Å²) in [5, 5.41) is 0. The van der Waals surface area contributed by atoms with E-state index < -0.39 is 0 Å². The first-order chi connectivity index (χ1) is 2.84. The van der Waals surface area contributed by atoms with Gasteiger partial charge in [-0.1, -0.05) is 6.92 Å². The molecule has 0 saturated heterocycles. The van der Waals surface area contributed by atoms with Crippen LogP contribution in [0.25, 0.3) is 0 Å². The Morgan fingerprint density at radius 3 is 2.33 bits per heavy atom. The molecule has 36 valence electrons. The van der Waals surface area contributed by atoms with Gasteiger partial charge in [-0.3, -0.25) is 4.39 Å². The van der Waals surface area contributed by atoms with Crippen LogP contribution >= 0.6 is 0 Å². The monoisotopic (exact) mass is 88.1 g/mol. The summed E-state index contributed by atoms with van der Waals surface area (Å²) in [6, 6.07) is 0. The van der Waals surface area contributed by atoms with Crippen molar-refractivity contribution >= 4 is 0 Å². The molecule has 1 rings (SSSR count). The average molecular weight is 88.1 g/mol. The first-order valence-electron chi connectivity index (χ1n) is 2.40. The molecule has 0 unspecified atom stereocenters. The summed E-state index contributed by atoms with van der Waals surface area (Å²) >= 11 is 0. The molecule has 0 amide bonds. The summed E-state index contributed by atoms with van der Waals surface area (Å²) in [5.74, 6) is 1.12. The molecule has 1 aliphatic carbocycles. The highest BCUT2D eigenvalue weighted by molar-refractivity contribution is 4.80. The Labute approximate surface area is 37.4 Å². The highest BCUT2D eigenvalue weighted by atomic mass is 19.1. The van der Waals surface area contributed by atoms with Gasteiger partial charge in [0.2, 0.25) is 0 Å². The minimum Gasteiger partial charge on any atom is -0.251 e. The Morgan fingerprint density at radius 1 is 1.83 bits per heavy atom. The fraction of sp³-hybridized carbons (Fsp3) is 1.00. The van der Waals surface area contributed by atoms with Gasteiger partial charge in [-0.05, 0) is 18.3 Å². The third-order valence-corrected chi connectivity index (χ3v) is 1.47. The van der Waals surface area contributed by atoms with Gasteiger partial charge in [0.25, 0.3) is 0 Å². The summed E-state index contributed by atoms with van der Waals surface area (Å²) in [7, 11) is 0. The van der Waals surface area contributed by atoms with Crippen molar-refractivity contribution < 1.29 is 4.39 Å². The fourth-order valence-corrected chi connectivity index (χ4v) is 0.614. The largest absolute Gasteiger partial charge is 0.251 e. The second-order valence-electron chi connectivity index (χ2n) is 2.13. The summed E-state index contributed by atoms with van der Waals surface area (Å²) in [6.45, 7) is 1.99. The molecule has 0 aromatic rings. The van der Waals surface area contributed by atoms with Crippen LogP contribution in [0, 0.1) is 11.8 Å². The third-order valence-electron chi connectivity index (χ3n) is 1.47. The van der Waals surface area contributed by atoms with E-state index in [0.717, 1.165) is 6.42 Å². The molecule has 2 atom stereocenters. The summed E-state index contributed by atoms with van der Waals surface area (Å²) < 4.78 is 11.4. The van der Waals surface area contributed by atoms with E-state index in [0.29, 0.717) is 11.8 Å². The number of alkyl halides is 1. The lowest BCUT2D eigenvalue weighted by atomic mass is 10.4. The maximum atomic E-state index is 11.4. The van der Waals surface area contributed by atoms with Crippen molar-refractivity contribution in [1.29, 1.82) is 0 Å². The molecule has 1 saturated carbocycles. The first kappa shape index (κ1) is 4.10. The smallest absolute Gasteiger partial charge is 0.0925 e. The van der Waals surface area contributed by atoms with Crippen molar-refractivity contribution in [2.24, 2.45) is 11.8 Å². The molecule has 0 spiro atoms. The molecule has 0 aromatic carbocycles. The van der Waals surface area contributed by atoms with Gasteiger partial charge in [0.1, 0.15) is 0 Å². The number of rotatable bonds is 1. The van der Waals surface area contributed by atoms with Gasteiger partial charge < -0.3 is 0 Å². The Morgan fingerprint density at radius 2 is 2.33 bits per heavy atom. The molecule has 0 heterocycles. The minimum absolute atomic E-state index is 0.0961. The van der Waals surface area contributed by atoms with Crippen molar-refractivity contribution in [2.75, 3.05) is 6.67 Å². The lowest BCUT2D eigenvalue weighted by Crippen LogP contribution is -1.76. The van der Waals surface area contributed by atoms with E-state index >= 15 is 0 Å². The minimum atomic E-state index is -0.0961. The van der Waals surface area contributed by atoms with Gasteiger partial charge in [0, 0.05) is 0 Å². The fourth-order valence-electron chi connectivity index (χ4n) is 0.614. The summed E-state index contributed by atoms with van der Waals surface area (Å²) in [5.41, 5.74) is 0. The zero-order valence-electron chi connectivity index (χ0n) is 3.95. The van der Waals surface area contributed by atoms with Crippen LogP contribution in [0.15, 0.2) is 0 Å². The van der Waals surface area contributed by atoms with Crippen LogP contribution < -0.4 is 0 Å². The van der Waals surface area contributed by atoms with Gasteiger partial charge in [0.15, 0.2) is 0 Å². The van der Waals surface area contributed by atoms with Gasteiger partial charge >= 0.3 is 0 Å². The van der Waals surface area contributed by atoms with Crippen molar-refractivity contribution in [3.8, 4) is 0 Å². The molecule has 0 N–H and O–H groups in total. The normalized spacial score (nSPS) is 43.0. The van der Waals surface area contributed by atoms with Crippen molar-refractivity contribution in [3.63, 3.8) is 0 Å². The van der Waals surface area contributed by atoms with Gasteiger partial charge in [-0.15, -0.1) is 0 Å². The maximum absolute atomic E-state index is 11.4. The van der Waals surface area contributed by atoms with Crippen LogP contribution in [-0.4, -0.2) is 6.67 Å². The summed E-state index contributed by atoms with van der Waals surface area (Å²) in [4.78, 5) is 0. The van der Waals surface area contributed by atoms with Crippen LogP contribution in [0.3, 0.4) is 0 Å². The SMILES string of the molecule is C[C@@H]1C[C@@H]1CF. The topological polar surface area (TPSA) is 0 Å². The zero-order valence-corrected chi connectivity index (χ0v) is 3.95. The van der Waals surface area contributed by atoms with E-state index in [1.165, 1.54) is 0 Å². The van der Waals surface area contributed by atoms with Gasteiger partial charge in [-0.2, -0.15) is 0 Å². The predicted molar refractivity (Wildman–Crippen MR) is 23.2 cm³/mol. The Bertz CT molecular complexity index is 49.9. The highest BCUT2D eigenvalue weighted by Crippen LogP contribution is 2.37. The van der Waals surface area contributed by atoms with E-state index in [9.17, 15) is 4.39 Å². The molecule has 1 aliphatic rings. The number of halogens is 1. The highest BCUT2D eigenvalue weighted by Gasteiger charge is 2.31. The quantitative estimate of drug-likeness (QED) is 0.457. The molecular formula is C5H9F. The molecule has 1 heteroatoms. The maximum Gasteiger partial charge on any atom is 0.0925 e. The molecule has 0 nitrogen and oxygen atoms in total. The van der Waals surface area contributed by atoms with E-state index in [-0.39, 0.29) is 6.67 Å². The first-order valence-corrected chi connectivity index (χ1v) is 2.40. The lowest BCUT2D eigenvalue weighted by Gasteiger charge is -1.76. The lowest BCUT2D eigenvalue weighted by molar-refractivity contribution is 0.444. The van der Waals surface area contributed by atoms with Crippen molar-refractivity contribution in [1.82, 2.24) is 0 Å². The van der Waals surface area contributed by atoms with Crippen LogP contribution in [0.5, 0.6) is 0 Å². The molecule has 0 aliphatic heterocycles. The van der Waals surface area contributed by atoms with E-state index in [2.05, 4.69) is 6.92 Å². The van der Waals surface area contributed by atoms with E-state index in [4.69, 9.17) is 0 Å². The Kier molecular flexibility index (Phi) is 0.827. The van der Waals surface area contributed by atoms with Crippen molar-refractivity contribution in [2.45, 2.75) is 13.3 Å². The van der Waals surface area contributed by atoms with Crippen LogP contribution in [0.4, 0.5) is 4.39 Å². The van der Waals surface area contributed by atoms with E-state index in [1.807, 2.05) is 0 Å². The van der Waals surface area contributed by atoms with Gasteiger partial charge in [0.05, 0.1) is 6.67 Å². The third kappa shape index (κ3) is 0.537. The Balaban J connectivity index is 2.09. The molecule has 0 radical (unpaired) electrons. The Hall–Kier alpha value is -0.0700. The number of hydrogen-bond donors (Lipinski definition) is 0. The number of hydrogen-bond acceptors (Lipinski definition) is 0. The van der Waals surface area contributed by atoms with Crippen LogP contribution in [-0.2, 0) is 0 Å². The second kappa shape index (κ2) is 1.21. The van der Waals surface area contributed by atoms with Gasteiger partial charge in [-0.25, -0.2) is 0 Å². The molecule has 6 heavy (non-hydrogen) atoms. The second-order valence-corrected chi connectivity index (χ2v) is 2.13. The molecular weight excluding hydrogens is 79.1 g/mol.